The number of hydrogen-bond donors (Lipinski definition) is 1. The van der Waals surface area contributed by atoms with Gasteiger partial charge in [-0.1, -0.05) is 0 Å². The molecule has 0 amide bonds. The molecule has 0 spiro atoms. The van der Waals surface area contributed by atoms with Gasteiger partial charge in [-0.25, -0.2) is 9.97 Å². The van der Waals surface area contributed by atoms with Crippen LogP contribution in [0.3, 0.4) is 0 Å². The molecule has 1 fully saturated rings. The van der Waals surface area contributed by atoms with Gasteiger partial charge >= 0.3 is 0 Å². The van der Waals surface area contributed by atoms with E-state index in [1.807, 2.05) is 6.07 Å². The molecule has 0 saturated carbocycles. The average Bonchev–Trinajstić information content (AvgIpc) is 3.30. The van der Waals surface area contributed by atoms with E-state index in [1.165, 1.54) is 12.8 Å². The van der Waals surface area contributed by atoms with E-state index in [-0.39, 0.29) is 6.04 Å². The zero-order chi connectivity index (χ0) is 14.8. The van der Waals surface area contributed by atoms with Gasteiger partial charge in [0, 0.05) is 6.54 Å². The van der Waals surface area contributed by atoms with Crippen molar-refractivity contribution in [2.75, 3.05) is 25.0 Å². The molecule has 0 aliphatic carbocycles. The van der Waals surface area contributed by atoms with E-state index >= 15 is 0 Å². The molecule has 4 heterocycles. The standard InChI is InChI=1S/C16H18N4OS/c1-2-7-20(6-1)13(14-4-3-8-21-14)10-17-15-12-5-9-22-16(12)19-11-18-15/h3-5,8-9,11,13H,1-2,6-7,10H2,(H,17,18,19). The molecular weight excluding hydrogens is 296 g/mol. The molecule has 0 bridgehead atoms. The Morgan fingerprint density at radius 1 is 1.27 bits per heavy atom. The lowest BCUT2D eigenvalue weighted by molar-refractivity contribution is 0.225. The van der Waals surface area contributed by atoms with E-state index in [9.17, 15) is 0 Å². The monoisotopic (exact) mass is 314 g/mol. The quantitative estimate of drug-likeness (QED) is 0.781. The highest BCUT2D eigenvalue weighted by atomic mass is 32.1. The molecular formula is C16H18N4OS. The van der Waals surface area contributed by atoms with Crippen LogP contribution in [-0.4, -0.2) is 34.5 Å². The lowest BCUT2D eigenvalue weighted by atomic mass is 10.2. The summed E-state index contributed by atoms with van der Waals surface area (Å²) in [6.07, 6.45) is 5.90. The molecule has 0 aromatic carbocycles. The van der Waals surface area contributed by atoms with Gasteiger partial charge in [0.05, 0.1) is 17.7 Å². The van der Waals surface area contributed by atoms with Crippen LogP contribution in [0.4, 0.5) is 5.82 Å². The van der Waals surface area contributed by atoms with E-state index in [0.717, 1.165) is 41.4 Å². The number of nitrogens with one attached hydrogen (secondary N) is 1. The van der Waals surface area contributed by atoms with Crippen LogP contribution >= 0.6 is 11.3 Å². The first-order valence-corrected chi connectivity index (χ1v) is 8.49. The van der Waals surface area contributed by atoms with Gasteiger partial charge in [0.2, 0.25) is 0 Å². The Bertz CT molecular complexity index is 734. The Morgan fingerprint density at radius 2 is 2.18 bits per heavy atom. The Labute approximate surface area is 133 Å². The number of aromatic nitrogens is 2. The van der Waals surface area contributed by atoms with Crippen LogP contribution < -0.4 is 5.32 Å². The van der Waals surface area contributed by atoms with Crippen molar-refractivity contribution in [3.8, 4) is 0 Å². The number of furan rings is 1. The smallest absolute Gasteiger partial charge is 0.138 e. The number of fused-ring (bicyclic) bond motifs is 1. The highest BCUT2D eigenvalue weighted by Crippen LogP contribution is 2.28. The average molecular weight is 314 g/mol. The normalized spacial score (nSPS) is 17.1. The minimum Gasteiger partial charge on any atom is -0.468 e. The molecule has 1 saturated heterocycles. The van der Waals surface area contributed by atoms with Gasteiger partial charge in [-0.2, -0.15) is 0 Å². The molecule has 1 N–H and O–H groups in total. The first-order valence-electron chi connectivity index (χ1n) is 7.61. The summed E-state index contributed by atoms with van der Waals surface area (Å²) in [5, 5.41) is 6.63. The molecule has 3 aromatic rings. The summed E-state index contributed by atoms with van der Waals surface area (Å²) < 4.78 is 5.66. The fourth-order valence-corrected chi connectivity index (χ4v) is 3.80. The van der Waals surface area contributed by atoms with E-state index in [0.29, 0.717) is 0 Å². The molecule has 0 radical (unpaired) electrons. The Balaban J connectivity index is 1.55. The minimum absolute atomic E-state index is 0.251. The van der Waals surface area contributed by atoms with Crippen molar-refractivity contribution in [2.24, 2.45) is 0 Å². The maximum Gasteiger partial charge on any atom is 0.138 e. The van der Waals surface area contributed by atoms with Gasteiger partial charge in [0.25, 0.3) is 0 Å². The van der Waals surface area contributed by atoms with Crippen LogP contribution in [-0.2, 0) is 0 Å². The maximum absolute atomic E-state index is 5.66. The molecule has 1 aliphatic heterocycles. The Hall–Kier alpha value is -1.92. The van der Waals surface area contributed by atoms with Crippen LogP contribution in [0.5, 0.6) is 0 Å². The zero-order valence-corrected chi connectivity index (χ0v) is 13.1. The van der Waals surface area contributed by atoms with E-state index in [2.05, 4.69) is 37.7 Å². The SMILES string of the molecule is c1coc(C(CNc2ncnc3sccc23)N2CCCC2)c1. The first-order chi connectivity index (χ1) is 10.9. The Morgan fingerprint density at radius 3 is 3.00 bits per heavy atom. The third-order valence-corrected chi connectivity index (χ3v) is 5.00. The van der Waals surface area contributed by atoms with Crippen molar-refractivity contribution in [3.05, 3.63) is 41.9 Å². The predicted molar refractivity (Wildman–Crippen MR) is 88.2 cm³/mol. The maximum atomic E-state index is 5.66. The molecule has 5 nitrogen and oxygen atoms in total. The largest absolute Gasteiger partial charge is 0.468 e. The van der Waals surface area contributed by atoms with Gasteiger partial charge in [0.1, 0.15) is 22.7 Å². The van der Waals surface area contributed by atoms with Crippen molar-refractivity contribution in [2.45, 2.75) is 18.9 Å². The van der Waals surface area contributed by atoms with Gasteiger partial charge in [-0.3, -0.25) is 4.90 Å². The van der Waals surface area contributed by atoms with Gasteiger partial charge in [-0.05, 0) is 49.5 Å². The summed E-state index contributed by atoms with van der Waals surface area (Å²) in [4.78, 5) is 12.2. The molecule has 3 aromatic heterocycles. The fourth-order valence-electron chi connectivity index (χ4n) is 3.07. The van der Waals surface area contributed by atoms with E-state index in [1.54, 1.807) is 23.9 Å². The third kappa shape index (κ3) is 2.60. The first kappa shape index (κ1) is 13.7. The van der Waals surface area contributed by atoms with Gasteiger partial charge in [0.15, 0.2) is 0 Å². The predicted octanol–water partition coefficient (Wildman–Crippen LogP) is 3.53. The van der Waals surface area contributed by atoms with Crippen LogP contribution in [0.2, 0.25) is 0 Å². The highest BCUT2D eigenvalue weighted by molar-refractivity contribution is 7.16. The second-order valence-corrected chi connectivity index (χ2v) is 6.41. The molecule has 1 aliphatic rings. The van der Waals surface area contributed by atoms with Crippen LogP contribution in [0.15, 0.2) is 40.6 Å². The minimum atomic E-state index is 0.251. The number of nitrogens with zero attached hydrogens (tertiary/aromatic N) is 3. The van der Waals surface area contributed by atoms with E-state index < -0.39 is 0 Å². The van der Waals surface area contributed by atoms with Crippen molar-refractivity contribution in [3.63, 3.8) is 0 Å². The topological polar surface area (TPSA) is 54.2 Å². The van der Waals surface area contributed by atoms with E-state index in [4.69, 9.17) is 4.42 Å². The summed E-state index contributed by atoms with van der Waals surface area (Å²) in [6.45, 7) is 3.05. The summed E-state index contributed by atoms with van der Waals surface area (Å²) in [5.74, 6) is 1.92. The van der Waals surface area contributed by atoms with Crippen molar-refractivity contribution in [1.82, 2.24) is 14.9 Å². The second kappa shape index (κ2) is 6.06. The summed E-state index contributed by atoms with van der Waals surface area (Å²) in [5.41, 5.74) is 0. The Kier molecular flexibility index (Phi) is 3.78. The fraction of sp³-hybridized carbons (Fsp3) is 0.375. The molecule has 1 unspecified atom stereocenters. The van der Waals surface area contributed by atoms with Gasteiger partial charge < -0.3 is 9.73 Å². The van der Waals surface area contributed by atoms with Crippen LogP contribution in [0.25, 0.3) is 10.2 Å². The lowest BCUT2D eigenvalue weighted by Crippen LogP contribution is -2.30. The number of rotatable bonds is 5. The van der Waals surface area contributed by atoms with Crippen LogP contribution in [0.1, 0.15) is 24.6 Å². The van der Waals surface area contributed by atoms with Crippen molar-refractivity contribution >= 4 is 27.4 Å². The third-order valence-electron chi connectivity index (χ3n) is 4.18. The molecule has 22 heavy (non-hydrogen) atoms. The summed E-state index contributed by atoms with van der Waals surface area (Å²) >= 11 is 1.64. The molecule has 4 rings (SSSR count). The number of hydrogen-bond acceptors (Lipinski definition) is 6. The molecule has 6 heteroatoms. The molecule has 114 valence electrons. The summed E-state index contributed by atoms with van der Waals surface area (Å²) in [6, 6.07) is 6.34. The number of anilines is 1. The zero-order valence-electron chi connectivity index (χ0n) is 12.2. The van der Waals surface area contributed by atoms with Crippen molar-refractivity contribution < 1.29 is 4.42 Å². The van der Waals surface area contributed by atoms with Crippen molar-refractivity contribution in [1.29, 1.82) is 0 Å². The lowest BCUT2D eigenvalue weighted by Gasteiger charge is -2.26. The van der Waals surface area contributed by atoms with Crippen LogP contribution in [0, 0.1) is 0 Å². The number of thiophene rings is 1. The van der Waals surface area contributed by atoms with Gasteiger partial charge in [-0.15, -0.1) is 11.3 Å². The second-order valence-electron chi connectivity index (χ2n) is 5.52. The number of likely N-dealkylation sites (tertiary alicyclic amines) is 1. The summed E-state index contributed by atoms with van der Waals surface area (Å²) in [7, 11) is 0. The highest BCUT2D eigenvalue weighted by Gasteiger charge is 2.25. The molecule has 1 atom stereocenters.